The van der Waals surface area contributed by atoms with E-state index in [0.717, 1.165) is 18.7 Å². The van der Waals surface area contributed by atoms with E-state index in [9.17, 15) is 4.79 Å². The smallest absolute Gasteiger partial charge is 0.335 e. The zero-order valence-electron chi connectivity index (χ0n) is 11.4. The average Bonchev–Trinajstić information content (AvgIpc) is 2.29. The summed E-state index contributed by atoms with van der Waals surface area (Å²) in [7, 11) is 0. The van der Waals surface area contributed by atoms with Crippen LogP contribution in [0.1, 0.15) is 42.6 Å². The van der Waals surface area contributed by atoms with Gasteiger partial charge in [0.1, 0.15) is 0 Å². The van der Waals surface area contributed by atoms with E-state index in [-0.39, 0.29) is 0 Å². The number of carboxylic acids is 1. The molecule has 1 aromatic rings. The first-order valence-corrected chi connectivity index (χ1v) is 6.48. The summed E-state index contributed by atoms with van der Waals surface area (Å²) in [5, 5.41) is 8.97. The second-order valence-electron chi connectivity index (χ2n) is 5.96. The van der Waals surface area contributed by atoms with E-state index in [1.165, 1.54) is 18.5 Å². The maximum Gasteiger partial charge on any atom is 0.335 e. The molecule has 1 aliphatic heterocycles. The topological polar surface area (TPSA) is 40.5 Å². The van der Waals surface area contributed by atoms with Crippen molar-refractivity contribution in [1.29, 1.82) is 0 Å². The molecule has 0 saturated carbocycles. The zero-order valence-corrected chi connectivity index (χ0v) is 11.4. The quantitative estimate of drug-likeness (QED) is 0.871. The molecule has 98 valence electrons. The average molecular weight is 247 g/mol. The first-order valence-electron chi connectivity index (χ1n) is 6.48. The van der Waals surface area contributed by atoms with Crippen LogP contribution in [0.4, 0.5) is 5.69 Å². The summed E-state index contributed by atoms with van der Waals surface area (Å²) in [6, 6.07) is 5.40. The van der Waals surface area contributed by atoms with Crippen LogP contribution in [-0.2, 0) is 0 Å². The van der Waals surface area contributed by atoms with Crippen molar-refractivity contribution in [3.8, 4) is 0 Å². The van der Waals surface area contributed by atoms with E-state index in [4.69, 9.17) is 5.11 Å². The number of rotatable bonds is 2. The molecule has 1 saturated heterocycles. The number of aromatic carboxylic acids is 1. The Balaban J connectivity index is 2.17. The van der Waals surface area contributed by atoms with E-state index in [1.54, 1.807) is 12.1 Å². The van der Waals surface area contributed by atoms with Gasteiger partial charge in [0.15, 0.2) is 0 Å². The molecule has 1 N–H and O–H groups in total. The standard InChI is InChI=1S/C15H21NO2/c1-11-10-12(14(17)18)4-5-13(11)16-8-6-15(2,3)7-9-16/h4-5,10H,6-9H2,1-3H3,(H,17,18). The third-order valence-corrected chi connectivity index (χ3v) is 3.90. The van der Waals surface area contributed by atoms with Crippen LogP contribution in [0.15, 0.2) is 18.2 Å². The minimum atomic E-state index is -0.857. The molecule has 0 bridgehead atoms. The van der Waals surface area contributed by atoms with Crippen molar-refractivity contribution in [1.82, 2.24) is 0 Å². The van der Waals surface area contributed by atoms with Gasteiger partial charge in [0.25, 0.3) is 0 Å². The lowest BCUT2D eigenvalue weighted by Gasteiger charge is -2.38. The van der Waals surface area contributed by atoms with Crippen LogP contribution in [-0.4, -0.2) is 24.2 Å². The van der Waals surface area contributed by atoms with Crippen LogP contribution in [0.25, 0.3) is 0 Å². The Morgan fingerprint density at radius 1 is 1.28 bits per heavy atom. The molecule has 0 amide bonds. The van der Waals surface area contributed by atoms with Gasteiger partial charge in [-0.2, -0.15) is 0 Å². The highest BCUT2D eigenvalue weighted by Crippen LogP contribution is 2.33. The minimum absolute atomic E-state index is 0.369. The van der Waals surface area contributed by atoms with Crippen LogP contribution in [0.2, 0.25) is 0 Å². The molecule has 0 radical (unpaired) electrons. The second-order valence-corrected chi connectivity index (χ2v) is 5.96. The van der Waals surface area contributed by atoms with Gasteiger partial charge in [0, 0.05) is 18.8 Å². The molecule has 1 heterocycles. The van der Waals surface area contributed by atoms with Gasteiger partial charge in [-0.25, -0.2) is 4.79 Å². The minimum Gasteiger partial charge on any atom is -0.478 e. The highest BCUT2D eigenvalue weighted by Gasteiger charge is 2.26. The first kappa shape index (κ1) is 12.9. The summed E-state index contributed by atoms with van der Waals surface area (Å²) < 4.78 is 0. The number of benzene rings is 1. The molecule has 0 spiro atoms. The van der Waals surface area contributed by atoms with Gasteiger partial charge in [-0.05, 0) is 48.9 Å². The predicted molar refractivity (Wildman–Crippen MR) is 73.4 cm³/mol. The van der Waals surface area contributed by atoms with Gasteiger partial charge in [-0.3, -0.25) is 0 Å². The predicted octanol–water partition coefficient (Wildman–Crippen LogP) is 3.32. The van der Waals surface area contributed by atoms with Crippen LogP contribution in [0.5, 0.6) is 0 Å². The van der Waals surface area contributed by atoms with Gasteiger partial charge < -0.3 is 10.0 Å². The maximum atomic E-state index is 10.9. The number of anilines is 1. The van der Waals surface area contributed by atoms with Gasteiger partial charge in [0.2, 0.25) is 0 Å². The summed E-state index contributed by atoms with van der Waals surface area (Å²) in [6.07, 6.45) is 2.38. The van der Waals surface area contributed by atoms with Gasteiger partial charge >= 0.3 is 5.97 Å². The lowest BCUT2D eigenvalue weighted by atomic mass is 9.82. The molecule has 3 nitrogen and oxygen atoms in total. The summed E-state index contributed by atoms with van der Waals surface area (Å²) in [5.41, 5.74) is 3.03. The van der Waals surface area contributed by atoms with Gasteiger partial charge in [-0.15, -0.1) is 0 Å². The van der Waals surface area contributed by atoms with Gasteiger partial charge in [0.05, 0.1) is 5.56 Å². The largest absolute Gasteiger partial charge is 0.478 e. The molecule has 1 fully saturated rings. The molecule has 1 aromatic carbocycles. The van der Waals surface area contributed by atoms with Crippen molar-refractivity contribution in [3.63, 3.8) is 0 Å². The van der Waals surface area contributed by atoms with Crippen LogP contribution >= 0.6 is 0 Å². The molecule has 2 rings (SSSR count). The number of nitrogens with zero attached hydrogens (tertiary/aromatic N) is 1. The summed E-state index contributed by atoms with van der Waals surface area (Å²) in [4.78, 5) is 13.3. The second kappa shape index (κ2) is 4.63. The lowest BCUT2D eigenvalue weighted by Crippen LogP contribution is -2.37. The number of aryl methyl sites for hydroxylation is 1. The van der Waals surface area contributed by atoms with E-state index in [1.807, 2.05) is 13.0 Å². The first-order chi connectivity index (χ1) is 8.39. The Bertz CT molecular complexity index is 456. The van der Waals surface area contributed by atoms with E-state index in [0.29, 0.717) is 11.0 Å². The molecule has 1 aliphatic rings. The monoisotopic (exact) mass is 247 g/mol. The molecule has 18 heavy (non-hydrogen) atoms. The van der Waals surface area contributed by atoms with Crippen LogP contribution in [0.3, 0.4) is 0 Å². The highest BCUT2D eigenvalue weighted by molar-refractivity contribution is 5.88. The molecular formula is C15H21NO2. The summed E-state index contributed by atoms with van der Waals surface area (Å²) >= 11 is 0. The fraction of sp³-hybridized carbons (Fsp3) is 0.533. The van der Waals surface area contributed by atoms with Crippen molar-refractivity contribution in [2.45, 2.75) is 33.6 Å². The Morgan fingerprint density at radius 3 is 2.39 bits per heavy atom. The Hall–Kier alpha value is -1.51. The van der Waals surface area contributed by atoms with Crippen molar-refractivity contribution in [2.24, 2.45) is 5.41 Å². The maximum absolute atomic E-state index is 10.9. The van der Waals surface area contributed by atoms with Crippen molar-refractivity contribution in [2.75, 3.05) is 18.0 Å². The summed E-state index contributed by atoms with van der Waals surface area (Å²) in [6.45, 7) is 8.72. The third kappa shape index (κ3) is 2.66. The van der Waals surface area contributed by atoms with Crippen LogP contribution in [0, 0.1) is 12.3 Å². The van der Waals surface area contributed by atoms with E-state index in [2.05, 4.69) is 18.7 Å². The number of carboxylic acid groups (broad SMARTS) is 1. The number of hydrogen-bond donors (Lipinski definition) is 1. The SMILES string of the molecule is Cc1cc(C(=O)O)ccc1N1CCC(C)(C)CC1. The number of hydrogen-bond acceptors (Lipinski definition) is 2. The normalized spacial score (nSPS) is 18.7. The molecule has 0 unspecified atom stereocenters. The summed E-state index contributed by atoms with van der Waals surface area (Å²) in [5.74, 6) is -0.857. The Morgan fingerprint density at radius 2 is 1.89 bits per heavy atom. The fourth-order valence-electron chi connectivity index (χ4n) is 2.50. The number of piperidine rings is 1. The van der Waals surface area contributed by atoms with E-state index >= 15 is 0 Å². The number of carbonyl (C=O) groups is 1. The molecule has 3 heteroatoms. The zero-order chi connectivity index (χ0) is 13.3. The van der Waals surface area contributed by atoms with Crippen molar-refractivity contribution < 1.29 is 9.90 Å². The molecule has 0 atom stereocenters. The van der Waals surface area contributed by atoms with E-state index < -0.39 is 5.97 Å². The molecular weight excluding hydrogens is 226 g/mol. The molecule has 0 aliphatic carbocycles. The van der Waals surface area contributed by atoms with Gasteiger partial charge in [-0.1, -0.05) is 13.8 Å². The Labute approximate surface area is 108 Å². The molecule has 0 aromatic heterocycles. The lowest BCUT2D eigenvalue weighted by molar-refractivity contribution is 0.0697. The van der Waals surface area contributed by atoms with Crippen LogP contribution < -0.4 is 4.90 Å². The Kier molecular flexibility index (Phi) is 3.33. The fourth-order valence-corrected chi connectivity index (χ4v) is 2.50. The third-order valence-electron chi connectivity index (χ3n) is 3.90. The van der Waals surface area contributed by atoms with Crippen molar-refractivity contribution in [3.05, 3.63) is 29.3 Å². The highest BCUT2D eigenvalue weighted by atomic mass is 16.4. The van der Waals surface area contributed by atoms with Crippen molar-refractivity contribution >= 4 is 11.7 Å².